The molecule has 0 saturated heterocycles. The lowest BCUT2D eigenvalue weighted by Crippen LogP contribution is -2.30. The number of hydrogen-bond acceptors (Lipinski definition) is 5. The highest BCUT2D eigenvalue weighted by Gasteiger charge is 2.02. The lowest BCUT2D eigenvalue weighted by Gasteiger charge is -2.01. The van der Waals surface area contributed by atoms with Gasteiger partial charge in [0.15, 0.2) is 0 Å². The van der Waals surface area contributed by atoms with Gasteiger partial charge in [-0.1, -0.05) is 0 Å². The lowest BCUT2D eigenvalue weighted by molar-refractivity contribution is 0.378. The van der Waals surface area contributed by atoms with Crippen LogP contribution >= 0.6 is 11.9 Å². The molecular formula is C2H6N4S. The molecular weight excluding hydrogens is 112 g/mol. The molecule has 0 aromatic rings. The molecule has 7 heavy (non-hydrogen) atoms. The van der Waals surface area contributed by atoms with Crippen LogP contribution in [0.3, 0.4) is 0 Å². The highest BCUT2D eigenvalue weighted by atomic mass is 32.2. The summed E-state index contributed by atoms with van der Waals surface area (Å²) in [6.07, 6.45) is 1.60. The van der Waals surface area contributed by atoms with Crippen molar-refractivity contribution >= 4 is 11.9 Å². The second kappa shape index (κ2) is 1.61. The van der Waals surface area contributed by atoms with Crippen molar-refractivity contribution in [2.75, 3.05) is 0 Å². The number of nitrogens with one attached hydrogen (secondary N) is 1. The van der Waals surface area contributed by atoms with Gasteiger partial charge in [-0.3, -0.25) is 0 Å². The zero-order valence-electron chi connectivity index (χ0n) is 3.59. The van der Waals surface area contributed by atoms with E-state index in [0.29, 0.717) is 5.03 Å². The highest BCUT2D eigenvalue weighted by Crippen LogP contribution is 2.09. The van der Waals surface area contributed by atoms with Gasteiger partial charge in [-0.2, -0.15) is 4.83 Å². The average Bonchev–Trinajstić information content (AvgIpc) is 1.87. The molecule has 40 valence electrons. The maximum absolute atomic E-state index is 5.27. The van der Waals surface area contributed by atoms with Crippen LogP contribution in [0.1, 0.15) is 0 Å². The molecule has 0 aromatic carbocycles. The van der Waals surface area contributed by atoms with E-state index in [2.05, 4.69) is 4.83 Å². The molecule has 0 atom stereocenters. The van der Waals surface area contributed by atoms with E-state index in [4.69, 9.17) is 11.6 Å². The summed E-state index contributed by atoms with van der Waals surface area (Å²) in [5.74, 6) is 5.17. The second-order valence-corrected chi connectivity index (χ2v) is 1.99. The Labute approximate surface area is 45.6 Å². The first-order chi connectivity index (χ1) is 3.29. The molecule has 5 heteroatoms. The quantitative estimate of drug-likeness (QED) is 0.284. The van der Waals surface area contributed by atoms with Crippen LogP contribution < -0.4 is 16.4 Å². The fourth-order valence-corrected chi connectivity index (χ4v) is 0.725. The second-order valence-electron chi connectivity index (χ2n) is 1.13. The summed E-state index contributed by atoms with van der Waals surface area (Å²) in [4.78, 5) is 2.68. The molecule has 0 aromatic heterocycles. The van der Waals surface area contributed by atoms with Gasteiger partial charge in [-0.25, -0.2) is 11.0 Å². The van der Waals surface area contributed by atoms with Gasteiger partial charge in [0.05, 0.1) is 6.20 Å². The molecule has 1 aliphatic heterocycles. The van der Waals surface area contributed by atoms with Crippen LogP contribution in [0.15, 0.2) is 11.2 Å². The van der Waals surface area contributed by atoms with E-state index in [-0.39, 0.29) is 0 Å². The molecule has 0 saturated carbocycles. The minimum atomic E-state index is 0.683. The minimum Gasteiger partial charge on any atom is -0.391 e. The van der Waals surface area contributed by atoms with Crippen LogP contribution in [-0.4, -0.2) is 5.12 Å². The summed E-state index contributed by atoms with van der Waals surface area (Å²) in [5.41, 5.74) is 5.27. The number of hydrazine groups is 2. The average molecular weight is 118 g/mol. The molecule has 1 aliphatic rings. The van der Waals surface area contributed by atoms with Crippen LogP contribution in [-0.2, 0) is 0 Å². The van der Waals surface area contributed by atoms with E-state index in [1.54, 1.807) is 6.20 Å². The van der Waals surface area contributed by atoms with Crippen molar-refractivity contribution in [3.63, 3.8) is 0 Å². The predicted octanol–water partition coefficient (Wildman–Crippen LogP) is -0.914. The molecule has 4 nitrogen and oxygen atoms in total. The lowest BCUT2D eigenvalue weighted by atomic mass is 10.9. The predicted molar refractivity (Wildman–Crippen MR) is 29.0 cm³/mol. The largest absolute Gasteiger partial charge is 0.391 e. The first-order valence-corrected chi connectivity index (χ1v) is 2.54. The van der Waals surface area contributed by atoms with E-state index in [1.165, 1.54) is 17.1 Å². The molecule has 0 bridgehead atoms. The molecule has 0 aliphatic carbocycles. The molecule has 0 spiro atoms. The normalized spacial score (nSPS) is 20.1. The first-order valence-electron chi connectivity index (χ1n) is 1.73. The topological polar surface area (TPSA) is 67.3 Å². The third-order valence-corrected chi connectivity index (χ3v) is 1.18. The van der Waals surface area contributed by atoms with Gasteiger partial charge in [-0.15, -0.1) is 0 Å². The van der Waals surface area contributed by atoms with Gasteiger partial charge in [0.25, 0.3) is 0 Å². The maximum atomic E-state index is 5.27. The van der Waals surface area contributed by atoms with Crippen LogP contribution in [0.4, 0.5) is 0 Å². The fraction of sp³-hybridized carbons (Fsp3) is 0. The maximum Gasteiger partial charge on any atom is 0.102 e. The number of nitrogens with zero attached hydrogens (tertiary/aromatic N) is 1. The summed E-state index contributed by atoms with van der Waals surface area (Å²) >= 11 is 1.30. The third-order valence-electron chi connectivity index (χ3n) is 0.535. The Morgan fingerprint density at radius 1 is 1.86 bits per heavy atom. The molecule has 1 heterocycles. The van der Waals surface area contributed by atoms with Crippen LogP contribution in [0, 0.1) is 0 Å². The zero-order valence-corrected chi connectivity index (χ0v) is 4.40. The Morgan fingerprint density at radius 2 is 2.57 bits per heavy atom. The third kappa shape index (κ3) is 0.986. The van der Waals surface area contributed by atoms with E-state index in [1.807, 2.05) is 0 Å². The molecule has 0 fully saturated rings. The van der Waals surface area contributed by atoms with Gasteiger partial charge < -0.3 is 5.73 Å². The monoisotopic (exact) mass is 118 g/mol. The Kier molecular flexibility index (Phi) is 1.09. The van der Waals surface area contributed by atoms with E-state index in [0.717, 1.165) is 0 Å². The molecule has 5 N–H and O–H groups in total. The van der Waals surface area contributed by atoms with Crippen LogP contribution in [0.25, 0.3) is 0 Å². The Morgan fingerprint density at radius 3 is 2.71 bits per heavy atom. The van der Waals surface area contributed by atoms with Crippen molar-refractivity contribution in [3.8, 4) is 0 Å². The van der Waals surface area contributed by atoms with Gasteiger partial charge in [-0.05, 0) is 11.9 Å². The summed E-state index contributed by atoms with van der Waals surface area (Å²) < 4.78 is 0. The number of hydrogen-bond donors (Lipinski definition) is 3. The van der Waals surface area contributed by atoms with Gasteiger partial charge >= 0.3 is 0 Å². The fourth-order valence-electron chi connectivity index (χ4n) is 0.295. The standard InChI is InChI=1S/C2H6N4S/c3-2-1-6(4)5-7-2/h1,5H,3-4H2. The molecule has 0 amide bonds. The van der Waals surface area contributed by atoms with Crippen molar-refractivity contribution in [1.29, 1.82) is 0 Å². The summed E-state index contributed by atoms with van der Waals surface area (Å²) in [7, 11) is 0. The Bertz CT molecular complexity index is 99.9. The Hall–Kier alpha value is -0.390. The van der Waals surface area contributed by atoms with Crippen molar-refractivity contribution < 1.29 is 0 Å². The summed E-state index contributed by atoms with van der Waals surface area (Å²) in [5, 5.41) is 1.99. The minimum absolute atomic E-state index is 0.683. The van der Waals surface area contributed by atoms with E-state index >= 15 is 0 Å². The molecule has 0 radical (unpaired) electrons. The number of rotatable bonds is 0. The Balaban J connectivity index is 2.50. The molecule has 1 rings (SSSR count). The van der Waals surface area contributed by atoms with Gasteiger partial charge in [0.1, 0.15) is 5.03 Å². The van der Waals surface area contributed by atoms with Crippen molar-refractivity contribution in [3.05, 3.63) is 11.2 Å². The van der Waals surface area contributed by atoms with E-state index < -0.39 is 0 Å². The van der Waals surface area contributed by atoms with Crippen LogP contribution in [0.5, 0.6) is 0 Å². The highest BCUT2D eigenvalue weighted by molar-refractivity contribution is 8.01. The summed E-state index contributed by atoms with van der Waals surface area (Å²) in [6.45, 7) is 0. The number of nitrogens with two attached hydrogens (primary N) is 2. The van der Waals surface area contributed by atoms with Crippen molar-refractivity contribution in [2.24, 2.45) is 11.6 Å². The van der Waals surface area contributed by atoms with Crippen LogP contribution in [0.2, 0.25) is 0 Å². The van der Waals surface area contributed by atoms with Gasteiger partial charge in [0.2, 0.25) is 0 Å². The SMILES string of the molecule is NC1=CN(N)NS1. The van der Waals surface area contributed by atoms with E-state index in [9.17, 15) is 0 Å². The molecule has 0 unspecified atom stereocenters. The van der Waals surface area contributed by atoms with Crippen molar-refractivity contribution in [2.45, 2.75) is 0 Å². The first kappa shape index (κ1) is 4.76. The summed E-state index contributed by atoms with van der Waals surface area (Å²) in [6, 6.07) is 0. The van der Waals surface area contributed by atoms with Crippen molar-refractivity contribution in [1.82, 2.24) is 9.95 Å². The smallest absolute Gasteiger partial charge is 0.102 e. The zero-order chi connectivity index (χ0) is 5.28. The van der Waals surface area contributed by atoms with Gasteiger partial charge in [0, 0.05) is 0 Å².